The van der Waals surface area contributed by atoms with E-state index in [0.29, 0.717) is 28.2 Å². The monoisotopic (exact) mass is 476 g/mol. The summed E-state index contributed by atoms with van der Waals surface area (Å²) in [6, 6.07) is 9.98. The molecule has 0 saturated carbocycles. The van der Waals surface area contributed by atoms with Gasteiger partial charge in [0, 0.05) is 18.7 Å². The molecule has 3 heterocycles. The molecule has 176 valence electrons. The third kappa shape index (κ3) is 4.50. The third-order valence-electron chi connectivity index (χ3n) is 6.20. The Morgan fingerprint density at radius 2 is 1.79 bits per heavy atom. The Labute approximate surface area is 202 Å². The largest absolute Gasteiger partial charge is 0.488 e. The van der Waals surface area contributed by atoms with E-state index in [1.165, 1.54) is 36.2 Å². The van der Waals surface area contributed by atoms with Crippen molar-refractivity contribution in [2.45, 2.75) is 46.6 Å². The van der Waals surface area contributed by atoms with E-state index < -0.39 is 0 Å². The normalized spacial score (nSPS) is 13.9. The summed E-state index contributed by atoms with van der Waals surface area (Å²) in [5.74, 6) is 0.714. The van der Waals surface area contributed by atoms with Gasteiger partial charge in [-0.2, -0.15) is 0 Å². The van der Waals surface area contributed by atoms with Gasteiger partial charge in [-0.15, -0.1) is 11.3 Å². The van der Waals surface area contributed by atoms with Gasteiger partial charge in [0.2, 0.25) is 0 Å². The lowest BCUT2D eigenvalue weighted by molar-refractivity contribution is 0.103. The number of ether oxygens (including phenoxy) is 1. The van der Waals surface area contributed by atoms with Gasteiger partial charge in [0.1, 0.15) is 12.4 Å². The fraction of sp³-hybridized carbons (Fsp3) is 0.346. The zero-order valence-corrected chi connectivity index (χ0v) is 20.5. The van der Waals surface area contributed by atoms with Crippen LogP contribution in [0.4, 0.5) is 11.4 Å². The summed E-state index contributed by atoms with van der Waals surface area (Å²) < 4.78 is 11.1. The topological polar surface area (TPSA) is 80.5 Å². The summed E-state index contributed by atoms with van der Waals surface area (Å²) in [5, 5.41) is 13.1. The number of amides is 1. The minimum atomic E-state index is -0.186. The predicted molar refractivity (Wildman–Crippen MR) is 135 cm³/mol. The quantitative estimate of drug-likeness (QED) is 0.366. The molecule has 1 amide bonds. The molecule has 2 aromatic carbocycles. The average Bonchev–Trinajstić information content (AvgIpc) is 3.49. The maximum absolute atomic E-state index is 13.0. The van der Waals surface area contributed by atoms with E-state index in [0.717, 1.165) is 41.2 Å². The fourth-order valence-corrected chi connectivity index (χ4v) is 5.44. The van der Waals surface area contributed by atoms with E-state index >= 15 is 0 Å². The van der Waals surface area contributed by atoms with Crippen LogP contribution in [0.25, 0.3) is 11.0 Å². The first kappa shape index (κ1) is 22.4. The Morgan fingerprint density at radius 1 is 1.06 bits per heavy atom. The van der Waals surface area contributed by atoms with E-state index in [9.17, 15) is 4.79 Å². The van der Waals surface area contributed by atoms with Gasteiger partial charge in [0.05, 0.1) is 16.3 Å². The number of anilines is 2. The molecule has 0 bridgehead atoms. The lowest BCUT2D eigenvalue weighted by atomic mass is 10.1. The van der Waals surface area contributed by atoms with Gasteiger partial charge in [-0.05, 0) is 85.1 Å². The fourth-order valence-electron chi connectivity index (χ4n) is 4.65. The van der Waals surface area contributed by atoms with Gasteiger partial charge in [-0.25, -0.2) is 4.63 Å². The molecule has 0 radical (unpaired) electrons. The molecule has 2 aromatic heterocycles. The van der Waals surface area contributed by atoms with Gasteiger partial charge in [-0.3, -0.25) is 4.79 Å². The van der Waals surface area contributed by atoms with Crippen LogP contribution in [0.3, 0.4) is 0 Å². The number of carbonyl (C=O) groups excluding carboxylic acids is 1. The average molecular weight is 477 g/mol. The number of nitrogens with zero attached hydrogens (tertiary/aromatic N) is 3. The number of nitrogens with one attached hydrogen (secondary N) is 1. The molecular formula is C26H28N4O3S. The molecule has 0 atom stereocenters. The molecule has 4 aromatic rings. The number of fused-ring (bicyclic) bond motifs is 1. The van der Waals surface area contributed by atoms with E-state index in [1.807, 2.05) is 23.6 Å². The van der Waals surface area contributed by atoms with Gasteiger partial charge < -0.3 is 15.0 Å². The second kappa shape index (κ2) is 9.46. The Kier molecular flexibility index (Phi) is 6.24. The van der Waals surface area contributed by atoms with Crippen LogP contribution in [0.15, 0.2) is 40.3 Å². The van der Waals surface area contributed by atoms with Crippen molar-refractivity contribution in [2.24, 2.45) is 0 Å². The first-order chi connectivity index (χ1) is 16.5. The summed E-state index contributed by atoms with van der Waals surface area (Å²) in [6.07, 6.45) is 3.58. The molecule has 1 aliphatic heterocycles. The van der Waals surface area contributed by atoms with Crippen LogP contribution in [0.1, 0.15) is 51.2 Å². The molecule has 0 unspecified atom stereocenters. The van der Waals surface area contributed by atoms with Gasteiger partial charge >= 0.3 is 0 Å². The summed E-state index contributed by atoms with van der Waals surface area (Å²) in [6.45, 7) is 8.59. The van der Waals surface area contributed by atoms with Crippen molar-refractivity contribution < 1.29 is 14.2 Å². The maximum Gasteiger partial charge on any atom is 0.265 e. The van der Waals surface area contributed by atoms with Crippen LogP contribution in [-0.2, 0) is 6.61 Å². The van der Waals surface area contributed by atoms with E-state index in [2.05, 4.69) is 53.4 Å². The number of benzene rings is 2. The van der Waals surface area contributed by atoms with E-state index in [1.54, 1.807) is 0 Å². The molecule has 7 nitrogen and oxygen atoms in total. The minimum absolute atomic E-state index is 0.186. The summed E-state index contributed by atoms with van der Waals surface area (Å²) in [4.78, 5) is 15.9. The summed E-state index contributed by atoms with van der Waals surface area (Å²) in [7, 11) is 0. The van der Waals surface area contributed by atoms with E-state index in [-0.39, 0.29) is 5.91 Å². The number of piperidine rings is 1. The van der Waals surface area contributed by atoms with E-state index in [4.69, 9.17) is 9.37 Å². The molecule has 1 saturated heterocycles. The van der Waals surface area contributed by atoms with Crippen molar-refractivity contribution in [1.29, 1.82) is 0 Å². The lowest BCUT2D eigenvalue weighted by Gasteiger charge is -2.28. The Hall–Kier alpha value is -3.39. The third-order valence-corrected chi connectivity index (χ3v) is 7.18. The second-order valence-corrected chi connectivity index (χ2v) is 9.84. The minimum Gasteiger partial charge on any atom is -0.488 e. The predicted octanol–water partition coefficient (Wildman–Crippen LogP) is 6.03. The summed E-state index contributed by atoms with van der Waals surface area (Å²) >= 11 is 1.40. The van der Waals surface area contributed by atoms with Crippen LogP contribution in [0.5, 0.6) is 5.75 Å². The van der Waals surface area contributed by atoms with Crippen molar-refractivity contribution in [1.82, 2.24) is 10.3 Å². The van der Waals surface area contributed by atoms with Gasteiger partial charge in [0.15, 0.2) is 11.0 Å². The van der Waals surface area contributed by atoms with Crippen LogP contribution in [0.2, 0.25) is 0 Å². The molecule has 0 spiro atoms. The van der Waals surface area contributed by atoms with Crippen molar-refractivity contribution in [3.05, 3.63) is 62.8 Å². The van der Waals surface area contributed by atoms with Gasteiger partial charge in [0.25, 0.3) is 5.91 Å². The standard InChI is InChI=1S/C26H28N4O3S/c1-16-11-17(2)25(18(3)12-16)32-14-19-13-22(34-15-19)26(31)27-20-7-8-21(24-23(20)28-33-29-24)30-9-5-4-6-10-30/h7-8,11-13,15H,4-6,9-10,14H2,1-3H3,(H,27,31). The molecule has 34 heavy (non-hydrogen) atoms. The highest BCUT2D eigenvalue weighted by Crippen LogP contribution is 2.32. The highest BCUT2D eigenvalue weighted by Gasteiger charge is 2.20. The highest BCUT2D eigenvalue weighted by atomic mass is 32.1. The molecular weight excluding hydrogens is 448 g/mol. The highest BCUT2D eigenvalue weighted by molar-refractivity contribution is 7.12. The van der Waals surface area contributed by atoms with Crippen LogP contribution < -0.4 is 15.0 Å². The van der Waals surface area contributed by atoms with Crippen molar-refractivity contribution in [3.63, 3.8) is 0 Å². The Morgan fingerprint density at radius 3 is 2.56 bits per heavy atom. The first-order valence-corrected chi connectivity index (χ1v) is 12.5. The number of carbonyl (C=O) groups is 1. The van der Waals surface area contributed by atoms with Crippen LogP contribution in [0, 0.1) is 20.8 Å². The molecule has 5 rings (SSSR count). The summed E-state index contributed by atoms with van der Waals surface area (Å²) in [5.41, 5.74) is 7.27. The Balaban J connectivity index is 1.29. The molecule has 1 N–H and O–H groups in total. The second-order valence-electron chi connectivity index (χ2n) is 8.93. The number of aryl methyl sites for hydroxylation is 3. The first-order valence-electron chi connectivity index (χ1n) is 11.6. The number of hydrogen-bond donors (Lipinski definition) is 1. The smallest absolute Gasteiger partial charge is 0.265 e. The van der Waals surface area contributed by atoms with Crippen molar-refractivity contribution >= 4 is 39.7 Å². The molecule has 0 aliphatic carbocycles. The Bertz CT molecular complexity index is 1310. The zero-order valence-electron chi connectivity index (χ0n) is 19.7. The lowest BCUT2D eigenvalue weighted by Crippen LogP contribution is -2.29. The molecule has 1 fully saturated rings. The van der Waals surface area contributed by atoms with Crippen LogP contribution >= 0.6 is 11.3 Å². The SMILES string of the molecule is Cc1cc(C)c(OCc2csc(C(=O)Nc3ccc(N4CCCCC4)c4nonc34)c2)c(C)c1. The van der Waals surface area contributed by atoms with Gasteiger partial charge in [-0.1, -0.05) is 17.7 Å². The van der Waals surface area contributed by atoms with Crippen molar-refractivity contribution in [3.8, 4) is 5.75 Å². The molecule has 1 aliphatic rings. The number of hydrogen-bond acceptors (Lipinski definition) is 7. The number of rotatable bonds is 6. The maximum atomic E-state index is 13.0. The zero-order chi connectivity index (χ0) is 23.7. The van der Waals surface area contributed by atoms with Crippen molar-refractivity contribution in [2.75, 3.05) is 23.3 Å². The number of thiophene rings is 1. The van der Waals surface area contributed by atoms with Crippen LogP contribution in [-0.4, -0.2) is 29.3 Å². The molecule has 8 heteroatoms. The number of aromatic nitrogens is 2.